The van der Waals surface area contributed by atoms with Gasteiger partial charge < -0.3 is 5.32 Å². The van der Waals surface area contributed by atoms with Gasteiger partial charge in [0.25, 0.3) is 0 Å². The second-order valence-electron chi connectivity index (χ2n) is 5.27. The minimum atomic E-state index is 0.615. The first-order valence-electron chi connectivity index (χ1n) is 6.36. The van der Waals surface area contributed by atoms with Crippen molar-refractivity contribution in [3.63, 3.8) is 0 Å². The third-order valence-electron chi connectivity index (χ3n) is 3.80. The van der Waals surface area contributed by atoms with Crippen LogP contribution in [0.1, 0.15) is 26.7 Å². The molecule has 1 N–H and O–H groups in total. The molecule has 0 amide bonds. The van der Waals surface area contributed by atoms with Crippen molar-refractivity contribution in [1.29, 1.82) is 0 Å². The fraction of sp³-hybridized carbons (Fsp3) is 1.00. The van der Waals surface area contributed by atoms with Crippen molar-refractivity contribution >= 4 is 0 Å². The molecule has 2 fully saturated rings. The molecule has 2 rings (SSSR count). The molecule has 88 valence electrons. The average molecular weight is 211 g/mol. The third kappa shape index (κ3) is 2.92. The largest absolute Gasteiger partial charge is 0.316 e. The summed E-state index contributed by atoms with van der Waals surface area (Å²) in [5.74, 6) is 0. The highest BCUT2D eigenvalue weighted by molar-refractivity contribution is 4.91. The van der Waals surface area contributed by atoms with Gasteiger partial charge in [-0.2, -0.15) is 0 Å². The van der Waals surface area contributed by atoms with Crippen molar-refractivity contribution in [1.82, 2.24) is 15.1 Å². The van der Waals surface area contributed by atoms with E-state index in [0.717, 1.165) is 12.1 Å². The fourth-order valence-electron chi connectivity index (χ4n) is 2.64. The molecule has 1 saturated carbocycles. The summed E-state index contributed by atoms with van der Waals surface area (Å²) in [6.45, 7) is 9.63. The van der Waals surface area contributed by atoms with Crippen LogP contribution in [-0.4, -0.2) is 61.2 Å². The molecule has 3 nitrogen and oxygen atoms in total. The van der Waals surface area contributed by atoms with E-state index in [1.807, 2.05) is 0 Å². The maximum atomic E-state index is 3.32. The Bertz CT molecular complexity index is 203. The number of likely N-dealkylation sites (N-methyl/N-ethyl adjacent to an activating group) is 1. The van der Waals surface area contributed by atoms with E-state index in [1.165, 1.54) is 39.0 Å². The Morgan fingerprint density at radius 2 is 2.07 bits per heavy atom. The van der Waals surface area contributed by atoms with Crippen molar-refractivity contribution < 1.29 is 0 Å². The van der Waals surface area contributed by atoms with Crippen LogP contribution in [0.5, 0.6) is 0 Å². The van der Waals surface area contributed by atoms with Crippen LogP contribution in [0, 0.1) is 0 Å². The molecule has 0 spiro atoms. The maximum Gasteiger partial charge on any atom is 0.0198 e. The molecule has 1 aliphatic heterocycles. The van der Waals surface area contributed by atoms with E-state index in [0.29, 0.717) is 6.04 Å². The molecule has 0 aromatic carbocycles. The molecule has 0 bridgehead atoms. The van der Waals surface area contributed by atoms with Gasteiger partial charge in [-0.25, -0.2) is 0 Å². The number of rotatable bonds is 4. The van der Waals surface area contributed by atoms with Crippen LogP contribution in [0.4, 0.5) is 0 Å². The zero-order valence-corrected chi connectivity index (χ0v) is 10.4. The minimum absolute atomic E-state index is 0.615. The number of hydrogen-bond donors (Lipinski definition) is 1. The number of nitrogens with one attached hydrogen (secondary N) is 1. The van der Waals surface area contributed by atoms with Crippen LogP contribution >= 0.6 is 0 Å². The molecule has 0 radical (unpaired) electrons. The fourth-order valence-corrected chi connectivity index (χ4v) is 2.64. The van der Waals surface area contributed by atoms with E-state index in [4.69, 9.17) is 0 Å². The van der Waals surface area contributed by atoms with E-state index in [-0.39, 0.29) is 0 Å². The number of nitrogens with zero attached hydrogens (tertiary/aromatic N) is 2. The van der Waals surface area contributed by atoms with Crippen molar-refractivity contribution in [2.45, 2.75) is 44.8 Å². The molecular formula is C12H25N3. The van der Waals surface area contributed by atoms with Crippen LogP contribution < -0.4 is 5.32 Å². The highest BCUT2D eigenvalue weighted by atomic mass is 15.3. The van der Waals surface area contributed by atoms with Crippen molar-refractivity contribution in [2.24, 2.45) is 0 Å². The monoisotopic (exact) mass is 211 g/mol. The summed E-state index contributed by atoms with van der Waals surface area (Å²) in [5, 5.41) is 3.32. The van der Waals surface area contributed by atoms with Crippen LogP contribution in [-0.2, 0) is 0 Å². The summed E-state index contributed by atoms with van der Waals surface area (Å²) in [6.07, 6.45) is 2.88. The van der Waals surface area contributed by atoms with Gasteiger partial charge in [0, 0.05) is 44.3 Å². The molecule has 0 aromatic heterocycles. The van der Waals surface area contributed by atoms with Gasteiger partial charge in [-0.1, -0.05) is 0 Å². The molecule has 15 heavy (non-hydrogen) atoms. The Kier molecular flexibility index (Phi) is 3.65. The Morgan fingerprint density at radius 1 is 1.33 bits per heavy atom. The Labute approximate surface area is 93.8 Å². The molecule has 1 aliphatic carbocycles. The second kappa shape index (κ2) is 4.81. The molecule has 0 aromatic rings. The van der Waals surface area contributed by atoms with Crippen LogP contribution in [0.15, 0.2) is 0 Å². The second-order valence-corrected chi connectivity index (χ2v) is 5.27. The summed E-state index contributed by atoms with van der Waals surface area (Å²) >= 11 is 0. The van der Waals surface area contributed by atoms with Crippen LogP contribution in [0.2, 0.25) is 0 Å². The summed E-state index contributed by atoms with van der Waals surface area (Å²) in [7, 11) is 2.05. The first kappa shape index (κ1) is 11.4. The lowest BCUT2D eigenvalue weighted by Gasteiger charge is -2.40. The highest BCUT2D eigenvalue weighted by Crippen LogP contribution is 2.29. The Balaban J connectivity index is 1.77. The lowest BCUT2D eigenvalue weighted by molar-refractivity contribution is 0.0729. The smallest absolute Gasteiger partial charge is 0.0198 e. The summed E-state index contributed by atoms with van der Waals surface area (Å²) < 4.78 is 0. The summed E-state index contributed by atoms with van der Waals surface area (Å²) in [6, 6.07) is 2.31. The van der Waals surface area contributed by atoms with Gasteiger partial charge in [0.2, 0.25) is 0 Å². The van der Waals surface area contributed by atoms with Crippen molar-refractivity contribution in [3.8, 4) is 0 Å². The lowest BCUT2D eigenvalue weighted by atomic mass is 10.1. The molecule has 2 unspecified atom stereocenters. The molecule has 1 heterocycles. The molecule has 1 saturated heterocycles. The van der Waals surface area contributed by atoms with E-state index in [9.17, 15) is 0 Å². The van der Waals surface area contributed by atoms with Gasteiger partial charge in [0.1, 0.15) is 0 Å². The number of hydrogen-bond acceptors (Lipinski definition) is 3. The number of piperazine rings is 1. The zero-order valence-electron chi connectivity index (χ0n) is 10.4. The molecule has 3 heteroatoms. The predicted octanol–water partition coefficient (Wildman–Crippen LogP) is 0.763. The minimum Gasteiger partial charge on any atom is -0.316 e. The van der Waals surface area contributed by atoms with Gasteiger partial charge >= 0.3 is 0 Å². The quantitative estimate of drug-likeness (QED) is 0.741. The first-order valence-corrected chi connectivity index (χ1v) is 6.36. The van der Waals surface area contributed by atoms with Crippen molar-refractivity contribution in [3.05, 3.63) is 0 Å². The molecule has 2 atom stereocenters. The molecular weight excluding hydrogens is 186 g/mol. The third-order valence-corrected chi connectivity index (χ3v) is 3.80. The van der Waals surface area contributed by atoms with Gasteiger partial charge in [-0.05, 0) is 33.7 Å². The SMILES string of the molecule is CNC(C)CN1CCN(C2CC2)C(C)C1. The van der Waals surface area contributed by atoms with Crippen LogP contribution in [0.25, 0.3) is 0 Å². The normalized spacial score (nSPS) is 31.8. The maximum absolute atomic E-state index is 3.32. The average Bonchev–Trinajstić information content (AvgIpc) is 3.01. The van der Waals surface area contributed by atoms with Crippen molar-refractivity contribution in [2.75, 3.05) is 33.2 Å². The Morgan fingerprint density at radius 3 is 2.60 bits per heavy atom. The van der Waals surface area contributed by atoms with Gasteiger partial charge in [0.05, 0.1) is 0 Å². The van der Waals surface area contributed by atoms with E-state index < -0.39 is 0 Å². The molecule has 2 aliphatic rings. The Hall–Kier alpha value is -0.120. The summed E-state index contributed by atoms with van der Waals surface area (Å²) in [5.41, 5.74) is 0. The van der Waals surface area contributed by atoms with Gasteiger partial charge in [-0.3, -0.25) is 9.80 Å². The van der Waals surface area contributed by atoms with E-state index >= 15 is 0 Å². The van der Waals surface area contributed by atoms with Crippen LogP contribution in [0.3, 0.4) is 0 Å². The highest BCUT2D eigenvalue weighted by Gasteiger charge is 2.35. The van der Waals surface area contributed by atoms with E-state index in [2.05, 4.69) is 36.0 Å². The van der Waals surface area contributed by atoms with E-state index in [1.54, 1.807) is 0 Å². The zero-order chi connectivity index (χ0) is 10.8. The van der Waals surface area contributed by atoms with Gasteiger partial charge in [0.15, 0.2) is 0 Å². The van der Waals surface area contributed by atoms with Gasteiger partial charge in [-0.15, -0.1) is 0 Å². The standard InChI is InChI=1S/C12H25N3/c1-10(13-3)8-14-6-7-15(11(2)9-14)12-4-5-12/h10-13H,4-9H2,1-3H3. The topological polar surface area (TPSA) is 18.5 Å². The summed E-state index contributed by atoms with van der Waals surface area (Å²) in [4.78, 5) is 5.31. The first-order chi connectivity index (χ1) is 7.20. The predicted molar refractivity (Wildman–Crippen MR) is 64.2 cm³/mol. The lowest BCUT2D eigenvalue weighted by Crippen LogP contribution is -2.54.